The van der Waals surface area contributed by atoms with Crippen molar-refractivity contribution in [1.29, 1.82) is 0 Å². The Kier molecular flexibility index (Phi) is 8.07. The van der Waals surface area contributed by atoms with Gasteiger partial charge >= 0.3 is 5.97 Å². The molecule has 35 heavy (non-hydrogen) atoms. The first kappa shape index (κ1) is 24.8. The molecule has 2 heterocycles. The molecule has 9 heteroatoms. The minimum Gasteiger partial charge on any atom is -0.497 e. The second-order valence-corrected chi connectivity index (χ2v) is 9.34. The number of esters is 1. The molecule has 184 valence electrons. The van der Waals surface area contributed by atoms with Crippen LogP contribution in [0.1, 0.15) is 25.3 Å². The van der Waals surface area contributed by atoms with Crippen LogP contribution in [0, 0.1) is 12.8 Å². The van der Waals surface area contributed by atoms with Gasteiger partial charge in [-0.25, -0.2) is 0 Å². The van der Waals surface area contributed by atoms with Gasteiger partial charge in [0.1, 0.15) is 5.75 Å². The minimum atomic E-state index is -0.162. The number of aryl methyl sites for hydroxylation is 1. The molecule has 1 fully saturated rings. The third kappa shape index (κ3) is 5.85. The van der Waals surface area contributed by atoms with E-state index in [0.29, 0.717) is 43.5 Å². The number of ether oxygens (including phenoxy) is 2. The Morgan fingerprint density at radius 3 is 2.34 bits per heavy atom. The largest absolute Gasteiger partial charge is 0.497 e. The Morgan fingerprint density at radius 2 is 1.71 bits per heavy atom. The number of piperidine rings is 1. The fraction of sp³-hybridized carbons (Fsp3) is 0.385. The van der Waals surface area contributed by atoms with E-state index >= 15 is 0 Å². The van der Waals surface area contributed by atoms with E-state index in [1.54, 1.807) is 7.11 Å². The number of thioether (sulfide) groups is 1. The maximum atomic E-state index is 12.9. The SMILES string of the molecule is CCOC(=O)C1CCN(C(=O)CSc2nnc(-c3ccc(C)cc3)n2-c2ccc(OC)cc2)CC1. The number of amides is 1. The number of carbonyl (C=O) groups excluding carboxylic acids is 2. The molecule has 4 rings (SSSR count). The molecular formula is C26H30N4O4S. The fourth-order valence-electron chi connectivity index (χ4n) is 4.06. The normalized spacial score (nSPS) is 14.1. The average molecular weight is 495 g/mol. The van der Waals surface area contributed by atoms with Crippen molar-refractivity contribution in [2.45, 2.75) is 31.8 Å². The molecule has 0 N–H and O–H groups in total. The highest BCUT2D eigenvalue weighted by Gasteiger charge is 2.28. The third-order valence-corrected chi connectivity index (χ3v) is 6.98. The number of hydrogen-bond acceptors (Lipinski definition) is 7. The highest BCUT2D eigenvalue weighted by atomic mass is 32.2. The van der Waals surface area contributed by atoms with Gasteiger partial charge in [0, 0.05) is 24.3 Å². The van der Waals surface area contributed by atoms with Gasteiger partial charge in [-0.3, -0.25) is 14.2 Å². The standard InChI is InChI=1S/C26H30N4O4S/c1-4-34-25(32)20-13-15-29(16-14-20)23(31)17-35-26-28-27-24(19-7-5-18(2)6-8-19)30(26)21-9-11-22(33-3)12-10-21/h5-12,20H,4,13-17H2,1-3H3. The lowest BCUT2D eigenvalue weighted by molar-refractivity contribution is -0.151. The zero-order chi connectivity index (χ0) is 24.8. The van der Waals surface area contributed by atoms with Crippen molar-refractivity contribution in [3.63, 3.8) is 0 Å². The zero-order valence-corrected chi connectivity index (χ0v) is 21.1. The van der Waals surface area contributed by atoms with Crippen molar-refractivity contribution in [3.8, 4) is 22.8 Å². The molecule has 0 spiro atoms. The summed E-state index contributed by atoms with van der Waals surface area (Å²) in [5.41, 5.74) is 2.99. The van der Waals surface area contributed by atoms with Gasteiger partial charge in [0.25, 0.3) is 0 Å². The van der Waals surface area contributed by atoms with E-state index in [1.165, 1.54) is 11.8 Å². The number of aromatic nitrogens is 3. The lowest BCUT2D eigenvalue weighted by Gasteiger charge is -2.30. The average Bonchev–Trinajstić information content (AvgIpc) is 3.32. The highest BCUT2D eigenvalue weighted by molar-refractivity contribution is 7.99. The van der Waals surface area contributed by atoms with Crippen LogP contribution in [-0.2, 0) is 14.3 Å². The zero-order valence-electron chi connectivity index (χ0n) is 20.3. The minimum absolute atomic E-state index is 0.0264. The molecular weight excluding hydrogens is 464 g/mol. The van der Waals surface area contributed by atoms with Crippen molar-refractivity contribution in [2.75, 3.05) is 32.6 Å². The van der Waals surface area contributed by atoms with E-state index in [0.717, 1.165) is 22.6 Å². The van der Waals surface area contributed by atoms with Crippen LogP contribution in [0.15, 0.2) is 53.7 Å². The molecule has 0 atom stereocenters. The molecule has 1 aliphatic rings. The summed E-state index contributed by atoms with van der Waals surface area (Å²) in [6, 6.07) is 15.8. The van der Waals surface area contributed by atoms with Crippen LogP contribution in [0.2, 0.25) is 0 Å². The van der Waals surface area contributed by atoms with Crippen LogP contribution in [0.25, 0.3) is 17.1 Å². The van der Waals surface area contributed by atoms with Gasteiger partial charge in [0.2, 0.25) is 5.91 Å². The maximum absolute atomic E-state index is 12.9. The van der Waals surface area contributed by atoms with Gasteiger partial charge in [-0.05, 0) is 51.0 Å². The van der Waals surface area contributed by atoms with Crippen molar-refractivity contribution in [1.82, 2.24) is 19.7 Å². The Bertz CT molecular complexity index is 1150. The van der Waals surface area contributed by atoms with E-state index < -0.39 is 0 Å². The van der Waals surface area contributed by atoms with Crippen LogP contribution in [0.3, 0.4) is 0 Å². The number of nitrogens with zero attached hydrogens (tertiary/aromatic N) is 4. The number of hydrogen-bond donors (Lipinski definition) is 0. The Labute approximate surface area is 209 Å². The summed E-state index contributed by atoms with van der Waals surface area (Å²) >= 11 is 1.36. The van der Waals surface area contributed by atoms with E-state index in [9.17, 15) is 9.59 Å². The van der Waals surface area contributed by atoms with Crippen LogP contribution in [-0.4, -0.2) is 64.1 Å². The van der Waals surface area contributed by atoms with E-state index in [2.05, 4.69) is 10.2 Å². The van der Waals surface area contributed by atoms with Crippen LogP contribution >= 0.6 is 11.8 Å². The summed E-state index contributed by atoms with van der Waals surface area (Å²) in [6.45, 7) is 5.35. The monoisotopic (exact) mass is 494 g/mol. The highest BCUT2D eigenvalue weighted by Crippen LogP contribution is 2.29. The third-order valence-electron chi connectivity index (χ3n) is 6.07. The predicted molar refractivity (Wildman–Crippen MR) is 135 cm³/mol. The van der Waals surface area contributed by atoms with E-state index in [1.807, 2.05) is 71.8 Å². The van der Waals surface area contributed by atoms with Gasteiger partial charge in [0.15, 0.2) is 11.0 Å². The summed E-state index contributed by atoms with van der Waals surface area (Å²) in [7, 11) is 1.63. The Hall–Kier alpha value is -3.33. The van der Waals surface area contributed by atoms with Gasteiger partial charge in [0.05, 0.1) is 25.4 Å². The van der Waals surface area contributed by atoms with E-state index in [4.69, 9.17) is 9.47 Å². The number of carbonyl (C=O) groups is 2. The van der Waals surface area contributed by atoms with E-state index in [-0.39, 0.29) is 23.5 Å². The van der Waals surface area contributed by atoms with Gasteiger partial charge in [-0.15, -0.1) is 10.2 Å². The topological polar surface area (TPSA) is 86.5 Å². The van der Waals surface area contributed by atoms with Gasteiger partial charge in [-0.1, -0.05) is 41.6 Å². The maximum Gasteiger partial charge on any atom is 0.309 e. The fourth-order valence-corrected chi connectivity index (χ4v) is 4.91. The first-order valence-corrected chi connectivity index (χ1v) is 12.7. The lowest BCUT2D eigenvalue weighted by atomic mass is 9.97. The summed E-state index contributed by atoms with van der Waals surface area (Å²) in [4.78, 5) is 26.7. The van der Waals surface area contributed by atoms with Crippen molar-refractivity contribution in [2.24, 2.45) is 5.92 Å². The number of rotatable bonds is 8. The first-order chi connectivity index (χ1) is 17.0. The predicted octanol–water partition coefficient (Wildman–Crippen LogP) is 4.15. The second-order valence-electron chi connectivity index (χ2n) is 8.40. The summed E-state index contributed by atoms with van der Waals surface area (Å²) < 4.78 is 12.4. The van der Waals surface area contributed by atoms with Crippen molar-refractivity contribution >= 4 is 23.6 Å². The molecule has 1 saturated heterocycles. The van der Waals surface area contributed by atoms with Crippen molar-refractivity contribution in [3.05, 3.63) is 54.1 Å². The number of methoxy groups -OCH3 is 1. The van der Waals surface area contributed by atoms with Crippen molar-refractivity contribution < 1.29 is 19.1 Å². The molecule has 0 saturated carbocycles. The molecule has 0 radical (unpaired) electrons. The Morgan fingerprint density at radius 1 is 1.03 bits per heavy atom. The number of likely N-dealkylation sites (tertiary alicyclic amines) is 1. The quantitative estimate of drug-likeness (QED) is 0.344. The molecule has 1 aromatic heterocycles. The molecule has 0 aliphatic carbocycles. The van der Waals surface area contributed by atoms with Crippen LogP contribution in [0.4, 0.5) is 0 Å². The van der Waals surface area contributed by atoms with Gasteiger partial charge < -0.3 is 14.4 Å². The lowest BCUT2D eigenvalue weighted by Crippen LogP contribution is -2.41. The molecule has 3 aromatic rings. The molecule has 2 aromatic carbocycles. The van der Waals surface area contributed by atoms with Crippen LogP contribution < -0.4 is 4.74 Å². The number of benzene rings is 2. The molecule has 1 aliphatic heterocycles. The second kappa shape index (κ2) is 11.4. The summed E-state index contributed by atoms with van der Waals surface area (Å²) in [6.07, 6.45) is 1.27. The first-order valence-electron chi connectivity index (χ1n) is 11.7. The molecule has 8 nitrogen and oxygen atoms in total. The smallest absolute Gasteiger partial charge is 0.309 e. The molecule has 0 unspecified atom stereocenters. The van der Waals surface area contributed by atoms with Crippen LogP contribution in [0.5, 0.6) is 5.75 Å². The summed E-state index contributed by atoms with van der Waals surface area (Å²) in [5, 5.41) is 9.52. The summed E-state index contributed by atoms with van der Waals surface area (Å²) in [5.74, 6) is 1.45. The Balaban J connectivity index is 1.50. The molecule has 1 amide bonds. The molecule has 0 bridgehead atoms. The van der Waals surface area contributed by atoms with Gasteiger partial charge in [-0.2, -0.15) is 0 Å².